The van der Waals surface area contributed by atoms with E-state index in [1.807, 2.05) is 0 Å². The van der Waals surface area contributed by atoms with Crippen molar-refractivity contribution in [2.45, 2.75) is 31.6 Å². The van der Waals surface area contributed by atoms with E-state index in [-0.39, 0.29) is 23.5 Å². The maximum Gasteiger partial charge on any atom is 0.308 e. The number of aromatic nitrogens is 1. The van der Waals surface area contributed by atoms with Crippen LogP contribution in [0.3, 0.4) is 0 Å². The van der Waals surface area contributed by atoms with Gasteiger partial charge in [-0.25, -0.2) is 4.98 Å². The van der Waals surface area contributed by atoms with Crippen molar-refractivity contribution in [3.63, 3.8) is 0 Å². The van der Waals surface area contributed by atoms with Crippen LogP contribution in [0.2, 0.25) is 0 Å². The summed E-state index contributed by atoms with van der Waals surface area (Å²) in [5.41, 5.74) is 0.794. The highest BCUT2D eigenvalue weighted by Crippen LogP contribution is 2.37. The highest BCUT2D eigenvalue weighted by Gasteiger charge is 2.30. The monoisotopic (exact) mass is 330 g/mol. The third-order valence-electron chi connectivity index (χ3n) is 4.50. The predicted octanol–water partition coefficient (Wildman–Crippen LogP) is 3.70. The maximum atomic E-state index is 11.6. The Bertz CT molecular complexity index is 730. The molecule has 1 saturated carbocycles. The fraction of sp³-hybridized carbons (Fsp3) is 0.412. The highest BCUT2D eigenvalue weighted by atomic mass is 16.6. The number of carbonyl (C=O) groups is 1. The summed E-state index contributed by atoms with van der Waals surface area (Å²) in [5.74, 6) is 1.27. The molecule has 1 aliphatic rings. The molecule has 0 spiro atoms. The average Bonchev–Trinajstić information content (AvgIpc) is 3.11. The second kappa shape index (κ2) is 6.82. The zero-order chi connectivity index (χ0) is 17.1. The van der Waals surface area contributed by atoms with Crippen LogP contribution in [0, 0.1) is 16.0 Å². The van der Waals surface area contributed by atoms with Crippen molar-refractivity contribution in [3.8, 4) is 11.3 Å². The van der Waals surface area contributed by atoms with Crippen molar-refractivity contribution in [1.29, 1.82) is 0 Å². The van der Waals surface area contributed by atoms with Crippen LogP contribution >= 0.6 is 0 Å². The van der Waals surface area contributed by atoms with Crippen molar-refractivity contribution < 1.29 is 18.9 Å². The number of carbonyl (C=O) groups excluding carboxylic acids is 1. The lowest BCUT2D eigenvalue weighted by atomic mass is 9.82. The first-order valence-corrected chi connectivity index (χ1v) is 7.87. The summed E-state index contributed by atoms with van der Waals surface area (Å²) >= 11 is 0. The van der Waals surface area contributed by atoms with Gasteiger partial charge in [0, 0.05) is 23.6 Å². The van der Waals surface area contributed by atoms with Crippen molar-refractivity contribution in [2.75, 3.05) is 7.11 Å². The SMILES string of the molecule is COC(=O)C1CCC(c2ncc(-c3ccc([N+](=O)[O-])cc3)o2)CC1. The van der Waals surface area contributed by atoms with Gasteiger partial charge in [-0.2, -0.15) is 0 Å². The fourth-order valence-corrected chi connectivity index (χ4v) is 3.10. The second-order valence-corrected chi connectivity index (χ2v) is 5.94. The largest absolute Gasteiger partial charge is 0.469 e. The highest BCUT2D eigenvalue weighted by molar-refractivity contribution is 5.72. The summed E-state index contributed by atoms with van der Waals surface area (Å²) in [7, 11) is 1.42. The Morgan fingerprint density at radius 3 is 2.50 bits per heavy atom. The van der Waals surface area contributed by atoms with E-state index in [0.29, 0.717) is 11.7 Å². The standard InChI is InChI=1S/C17H18N2O5/c1-23-17(20)13-4-2-12(3-5-13)16-18-10-15(24-16)11-6-8-14(9-7-11)19(21)22/h6-10,12-13H,2-5H2,1H3. The molecule has 0 N–H and O–H groups in total. The third kappa shape index (κ3) is 3.29. The smallest absolute Gasteiger partial charge is 0.308 e. The van der Waals surface area contributed by atoms with Gasteiger partial charge in [0.1, 0.15) is 0 Å². The molecule has 126 valence electrons. The summed E-state index contributed by atoms with van der Waals surface area (Å²) in [6.45, 7) is 0. The molecule has 0 saturated heterocycles. The summed E-state index contributed by atoms with van der Waals surface area (Å²) in [6.07, 6.45) is 4.85. The van der Waals surface area contributed by atoms with Gasteiger partial charge < -0.3 is 9.15 Å². The van der Waals surface area contributed by atoms with Crippen LogP contribution in [0.5, 0.6) is 0 Å². The number of nitro benzene ring substituents is 1. The first-order chi connectivity index (χ1) is 11.6. The second-order valence-electron chi connectivity index (χ2n) is 5.94. The molecule has 0 unspecified atom stereocenters. The number of hydrogen-bond donors (Lipinski definition) is 0. The lowest BCUT2D eigenvalue weighted by Crippen LogP contribution is -2.22. The van der Waals surface area contributed by atoms with E-state index in [9.17, 15) is 14.9 Å². The molecule has 7 nitrogen and oxygen atoms in total. The quantitative estimate of drug-likeness (QED) is 0.482. The molecular formula is C17H18N2O5. The van der Waals surface area contributed by atoms with Crippen LogP contribution in [0.15, 0.2) is 34.9 Å². The number of non-ortho nitro benzene ring substituents is 1. The molecule has 1 fully saturated rings. The van der Waals surface area contributed by atoms with Crippen molar-refractivity contribution in [1.82, 2.24) is 4.98 Å². The number of rotatable bonds is 4. The van der Waals surface area contributed by atoms with E-state index < -0.39 is 4.92 Å². The van der Waals surface area contributed by atoms with E-state index in [2.05, 4.69) is 4.98 Å². The van der Waals surface area contributed by atoms with Crippen LogP contribution in [0.25, 0.3) is 11.3 Å². The molecule has 24 heavy (non-hydrogen) atoms. The van der Waals surface area contributed by atoms with Crippen LogP contribution < -0.4 is 0 Å². The minimum absolute atomic E-state index is 0.0321. The van der Waals surface area contributed by atoms with Gasteiger partial charge in [0.15, 0.2) is 11.7 Å². The molecule has 7 heteroatoms. The van der Waals surface area contributed by atoms with Crippen LogP contribution in [0.1, 0.15) is 37.5 Å². The van der Waals surface area contributed by atoms with Gasteiger partial charge in [-0.3, -0.25) is 14.9 Å². The Hall–Kier alpha value is -2.70. The molecule has 0 radical (unpaired) electrons. The van der Waals surface area contributed by atoms with Gasteiger partial charge in [0.25, 0.3) is 5.69 Å². The molecular weight excluding hydrogens is 312 g/mol. The zero-order valence-electron chi connectivity index (χ0n) is 13.3. The number of nitrogens with zero attached hydrogens (tertiary/aromatic N) is 2. The Morgan fingerprint density at radius 1 is 1.25 bits per heavy atom. The number of methoxy groups -OCH3 is 1. The number of nitro groups is 1. The average molecular weight is 330 g/mol. The number of oxazole rings is 1. The molecule has 1 aromatic carbocycles. The zero-order valence-corrected chi connectivity index (χ0v) is 13.3. The van der Waals surface area contributed by atoms with Gasteiger partial charge in [0.2, 0.25) is 0 Å². The molecule has 0 aliphatic heterocycles. The first-order valence-electron chi connectivity index (χ1n) is 7.87. The molecule has 2 aromatic rings. The first kappa shape index (κ1) is 16.2. The summed E-state index contributed by atoms with van der Waals surface area (Å²) in [5, 5.41) is 10.7. The Kier molecular flexibility index (Phi) is 4.59. The van der Waals surface area contributed by atoms with Crippen molar-refractivity contribution in [3.05, 3.63) is 46.5 Å². The van der Waals surface area contributed by atoms with Gasteiger partial charge >= 0.3 is 5.97 Å². The lowest BCUT2D eigenvalue weighted by molar-refractivity contribution is -0.384. The van der Waals surface area contributed by atoms with Crippen molar-refractivity contribution >= 4 is 11.7 Å². The summed E-state index contributed by atoms with van der Waals surface area (Å²) < 4.78 is 10.6. The third-order valence-corrected chi connectivity index (χ3v) is 4.50. The molecule has 0 bridgehead atoms. The molecule has 0 amide bonds. The van der Waals surface area contributed by atoms with Gasteiger partial charge in [-0.15, -0.1) is 0 Å². The van der Waals surface area contributed by atoms with Crippen LogP contribution in [-0.2, 0) is 9.53 Å². The molecule has 1 aliphatic carbocycles. The molecule has 0 atom stereocenters. The summed E-state index contributed by atoms with van der Waals surface area (Å²) in [4.78, 5) is 26.2. The lowest BCUT2D eigenvalue weighted by Gasteiger charge is -2.24. The summed E-state index contributed by atoms with van der Waals surface area (Å²) in [6, 6.07) is 6.19. The van der Waals surface area contributed by atoms with E-state index in [1.165, 1.54) is 19.2 Å². The van der Waals surface area contributed by atoms with Crippen molar-refractivity contribution in [2.24, 2.45) is 5.92 Å². The maximum absolute atomic E-state index is 11.6. The number of hydrogen-bond acceptors (Lipinski definition) is 6. The van der Waals surface area contributed by atoms with E-state index >= 15 is 0 Å². The molecule has 1 heterocycles. The number of ether oxygens (including phenoxy) is 1. The van der Waals surface area contributed by atoms with Crippen LogP contribution in [0.4, 0.5) is 5.69 Å². The van der Waals surface area contributed by atoms with Gasteiger partial charge in [-0.1, -0.05) is 0 Å². The van der Waals surface area contributed by atoms with E-state index in [4.69, 9.17) is 9.15 Å². The normalized spacial score (nSPS) is 20.5. The predicted molar refractivity (Wildman–Crippen MR) is 85.3 cm³/mol. The Balaban J connectivity index is 1.68. The Labute approximate surface area is 138 Å². The topological polar surface area (TPSA) is 95.5 Å². The number of esters is 1. The van der Waals surface area contributed by atoms with Crippen LogP contribution in [-0.4, -0.2) is 23.0 Å². The molecule has 3 rings (SSSR count). The van der Waals surface area contributed by atoms with Gasteiger partial charge in [0.05, 0.1) is 24.1 Å². The minimum atomic E-state index is -0.435. The minimum Gasteiger partial charge on any atom is -0.469 e. The Morgan fingerprint density at radius 2 is 1.92 bits per heavy atom. The van der Waals surface area contributed by atoms with E-state index in [1.54, 1.807) is 18.3 Å². The fourth-order valence-electron chi connectivity index (χ4n) is 3.10. The molecule has 1 aromatic heterocycles. The van der Waals surface area contributed by atoms with E-state index in [0.717, 1.165) is 31.2 Å². The number of benzene rings is 1. The van der Waals surface area contributed by atoms with Gasteiger partial charge in [-0.05, 0) is 37.8 Å².